The molecule has 0 aliphatic heterocycles. The predicted octanol–water partition coefficient (Wildman–Crippen LogP) is 3.16. The van der Waals surface area contributed by atoms with Crippen molar-refractivity contribution in [3.63, 3.8) is 0 Å². The van der Waals surface area contributed by atoms with Crippen LogP contribution in [-0.4, -0.2) is 0 Å². The van der Waals surface area contributed by atoms with Gasteiger partial charge in [-0.25, -0.2) is 0 Å². The molecule has 12 heavy (non-hydrogen) atoms. The van der Waals surface area contributed by atoms with Gasteiger partial charge in [-0.2, -0.15) is 0 Å². The molecule has 2 heteroatoms. The van der Waals surface area contributed by atoms with Crippen LogP contribution in [0.5, 0.6) is 0 Å². The van der Waals surface area contributed by atoms with Crippen molar-refractivity contribution in [1.29, 1.82) is 0 Å². The van der Waals surface area contributed by atoms with Gasteiger partial charge in [-0.15, -0.1) is 0 Å². The molecular weight excluding hydrogens is 166 g/mol. The number of hydrogen-bond donors (Lipinski definition) is 1. The number of rotatable bonds is 2. The Morgan fingerprint density at radius 2 is 2.33 bits per heavy atom. The van der Waals surface area contributed by atoms with Gasteiger partial charge in [-0.3, -0.25) is 5.14 Å². The van der Waals surface area contributed by atoms with E-state index in [4.69, 9.17) is 5.14 Å². The van der Waals surface area contributed by atoms with E-state index < -0.39 is 0 Å². The fraction of sp³-hybridized carbons (Fsp3) is 0.400. The SMILES string of the molecule is CC/C1=C/C/C(SN)=C\CC=C1. The minimum atomic E-state index is 0.995. The molecule has 66 valence electrons. The minimum Gasteiger partial charge on any atom is -0.274 e. The van der Waals surface area contributed by atoms with Gasteiger partial charge in [0.2, 0.25) is 0 Å². The van der Waals surface area contributed by atoms with Gasteiger partial charge < -0.3 is 0 Å². The molecule has 0 saturated carbocycles. The van der Waals surface area contributed by atoms with E-state index >= 15 is 0 Å². The molecule has 0 radical (unpaired) electrons. The van der Waals surface area contributed by atoms with Crippen LogP contribution < -0.4 is 5.14 Å². The summed E-state index contributed by atoms with van der Waals surface area (Å²) in [5, 5.41) is 5.51. The Morgan fingerprint density at radius 1 is 1.50 bits per heavy atom. The monoisotopic (exact) mass is 181 g/mol. The van der Waals surface area contributed by atoms with E-state index in [1.54, 1.807) is 0 Å². The Hall–Kier alpha value is -0.470. The number of hydrogen-bond acceptors (Lipinski definition) is 2. The van der Waals surface area contributed by atoms with E-state index in [1.165, 1.54) is 22.4 Å². The fourth-order valence-corrected chi connectivity index (χ4v) is 1.53. The topological polar surface area (TPSA) is 26.0 Å². The molecule has 0 heterocycles. The molecule has 0 bridgehead atoms. The summed E-state index contributed by atoms with van der Waals surface area (Å²) in [7, 11) is 0. The van der Waals surface area contributed by atoms with Crippen molar-refractivity contribution in [2.45, 2.75) is 26.2 Å². The van der Waals surface area contributed by atoms with E-state index in [1.807, 2.05) is 0 Å². The van der Waals surface area contributed by atoms with Gasteiger partial charge >= 0.3 is 0 Å². The van der Waals surface area contributed by atoms with Crippen molar-refractivity contribution in [3.05, 3.63) is 34.8 Å². The van der Waals surface area contributed by atoms with Crippen LogP contribution in [0.1, 0.15) is 26.2 Å². The molecule has 0 amide bonds. The van der Waals surface area contributed by atoms with Crippen molar-refractivity contribution < 1.29 is 0 Å². The second-order valence-electron chi connectivity index (χ2n) is 2.76. The quantitative estimate of drug-likeness (QED) is 0.662. The molecule has 1 rings (SSSR count). The number of allylic oxidation sites excluding steroid dienone is 6. The van der Waals surface area contributed by atoms with Crippen molar-refractivity contribution in [2.24, 2.45) is 5.14 Å². The molecular formula is C10H15NS. The largest absolute Gasteiger partial charge is 0.274 e. The first-order valence-electron chi connectivity index (χ1n) is 4.28. The summed E-state index contributed by atoms with van der Waals surface area (Å²) in [6.07, 6.45) is 11.9. The number of nitrogens with two attached hydrogens (primary N) is 1. The highest BCUT2D eigenvalue weighted by molar-refractivity contribution is 8.00. The molecule has 0 atom stereocenters. The zero-order valence-corrected chi connectivity index (χ0v) is 8.23. The van der Waals surface area contributed by atoms with Gasteiger partial charge in [0, 0.05) is 4.91 Å². The van der Waals surface area contributed by atoms with E-state index in [2.05, 4.69) is 31.2 Å². The molecule has 0 aromatic rings. The highest BCUT2D eigenvalue weighted by Gasteiger charge is 1.96. The second-order valence-corrected chi connectivity index (χ2v) is 3.52. The Bertz CT molecular complexity index is 226. The maximum Gasteiger partial charge on any atom is 0.000221 e. The van der Waals surface area contributed by atoms with Crippen LogP contribution in [0.2, 0.25) is 0 Å². The zero-order valence-electron chi connectivity index (χ0n) is 7.42. The predicted molar refractivity (Wildman–Crippen MR) is 56.6 cm³/mol. The standard InChI is InChI=1S/C10H15NS/c1-2-9-5-3-4-6-10(12-11)8-7-9/h3,5-7H,2,4,8,11H2,1H3/b5-3?,9-7-,10-6+. The lowest BCUT2D eigenvalue weighted by Gasteiger charge is -2.04. The van der Waals surface area contributed by atoms with Gasteiger partial charge in [0.1, 0.15) is 0 Å². The van der Waals surface area contributed by atoms with Gasteiger partial charge in [0.05, 0.1) is 0 Å². The average molecular weight is 181 g/mol. The molecule has 0 saturated heterocycles. The average Bonchev–Trinajstić information content (AvgIpc) is 2.05. The zero-order chi connectivity index (χ0) is 8.81. The van der Waals surface area contributed by atoms with E-state index in [9.17, 15) is 0 Å². The summed E-state index contributed by atoms with van der Waals surface area (Å²) in [5.74, 6) is 0. The molecule has 0 aromatic carbocycles. The maximum atomic E-state index is 5.51. The highest BCUT2D eigenvalue weighted by Crippen LogP contribution is 2.19. The lowest BCUT2D eigenvalue weighted by Crippen LogP contribution is -1.86. The highest BCUT2D eigenvalue weighted by atomic mass is 32.2. The molecule has 0 aromatic heterocycles. The Kier molecular flexibility index (Phi) is 4.19. The molecule has 2 N–H and O–H groups in total. The van der Waals surface area contributed by atoms with E-state index in [0.717, 1.165) is 19.3 Å². The molecule has 1 nitrogen and oxygen atoms in total. The van der Waals surface area contributed by atoms with Crippen LogP contribution in [0.3, 0.4) is 0 Å². The second kappa shape index (κ2) is 5.22. The Balaban J connectivity index is 2.68. The minimum absolute atomic E-state index is 0.995. The third kappa shape index (κ3) is 2.88. The summed E-state index contributed by atoms with van der Waals surface area (Å²) in [5.41, 5.74) is 1.41. The van der Waals surface area contributed by atoms with E-state index in [-0.39, 0.29) is 0 Å². The molecule has 1 aliphatic carbocycles. The molecule has 0 fully saturated rings. The summed E-state index contributed by atoms with van der Waals surface area (Å²) >= 11 is 1.36. The van der Waals surface area contributed by atoms with Crippen LogP contribution in [0.25, 0.3) is 0 Å². The first kappa shape index (κ1) is 9.62. The third-order valence-corrected chi connectivity index (χ3v) is 2.57. The molecule has 0 spiro atoms. The first-order chi connectivity index (χ1) is 5.86. The lowest BCUT2D eigenvalue weighted by atomic mass is 10.1. The van der Waals surface area contributed by atoms with Gasteiger partial charge in [0.15, 0.2) is 0 Å². The van der Waals surface area contributed by atoms with Gasteiger partial charge in [0.25, 0.3) is 0 Å². The summed E-state index contributed by atoms with van der Waals surface area (Å²) in [6.45, 7) is 2.18. The summed E-state index contributed by atoms with van der Waals surface area (Å²) < 4.78 is 0. The fourth-order valence-electron chi connectivity index (χ4n) is 1.16. The van der Waals surface area contributed by atoms with Crippen molar-refractivity contribution >= 4 is 11.9 Å². The summed E-state index contributed by atoms with van der Waals surface area (Å²) in [4.78, 5) is 1.27. The first-order valence-corrected chi connectivity index (χ1v) is 5.16. The smallest absolute Gasteiger partial charge is 0.000221 e. The van der Waals surface area contributed by atoms with Crippen molar-refractivity contribution in [1.82, 2.24) is 0 Å². The molecule has 0 unspecified atom stereocenters. The van der Waals surface area contributed by atoms with Crippen LogP contribution in [0.15, 0.2) is 34.8 Å². The molecule has 1 aliphatic rings. The van der Waals surface area contributed by atoms with Gasteiger partial charge in [-0.05, 0) is 19.3 Å². The van der Waals surface area contributed by atoms with E-state index in [0.29, 0.717) is 0 Å². The van der Waals surface area contributed by atoms with Gasteiger partial charge in [-0.1, -0.05) is 48.7 Å². The van der Waals surface area contributed by atoms with Crippen LogP contribution in [0, 0.1) is 0 Å². The van der Waals surface area contributed by atoms with Crippen LogP contribution in [-0.2, 0) is 0 Å². The Labute approximate surface area is 78.5 Å². The van der Waals surface area contributed by atoms with Crippen molar-refractivity contribution in [3.8, 4) is 0 Å². The lowest BCUT2D eigenvalue weighted by molar-refractivity contribution is 1.10. The van der Waals surface area contributed by atoms with Crippen LogP contribution in [0.4, 0.5) is 0 Å². The summed E-state index contributed by atoms with van der Waals surface area (Å²) in [6, 6.07) is 0. The van der Waals surface area contributed by atoms with Crippen molar-refractivity contribution in [2.75, 3.05) is 0 Å². The Morgan fingerprint density at radius 3 is 3.00 bits per heavy atom. The third-order valence-electron chi connectivity index (χ3n) is 1.94. The maximum absolute atomic E-state index is 5.51. The van der Waals surface area contributed by atoms with Crippen LogP contribution >= 0.6 is 11.9 Å². The normalized spacial score (nSPS) is 26.5.